The van der Waals surface area contributed by atoms with Crippen LogP contribution in [0, 0.1) is 0 Å². The van der Waals surface area contributed by atoms with Crippen LogP contribution < -0.4 is 32.3 Å². The van der Waals surface area contributed by atoms with Crippen LogP contribution in [0.25, 0.3) is 0 Å². The maximum atomic E-state index is 13.7. The molecule has 0 aliphatic carbocycles. The van der Waals surface area contributed by atoms with E-state index in [4.69, 9.17) is 15.2 Å². The molecule has 0 unspecified atom stereocenters. The fourth-order valence-electron chi connectivity index (χ4n) is 4.67. The number of carbonyl (C=O) groups is 9. The van der Waals surface area contributed by atoms with E-state index in [-0.39, 0.29) is 19.4 Å². The highest BCUT2D eigenvalue weighted by Gasteiger charge is 2.46. The van der Waals surface area contributed by atoms with E-state index in [9.17, 15) is 63.6 Å². The molecular weight excluding hydrogens is 690 g/mol. The first-order valence-electron chi connectivity index (χ1n) is 15.4. The highest BCUT2D eigenvalue weighted by Crippen LogP contribution is 2.24. The minimum atomic E-state index is -1.93. The highest BCUT2D eigenvalue weighted by molar-refractivity contribution is 6.32. The van der Waals surface area contributed by atoms with Gasteiger partial charge in [-0.3, -0.25) is 43.7 Å². The first-order chi connectivity index (χ1) is 23.9. The van der Waals surface area contributed by atoms with E-state index >= 15 is 0 Å². The third-order valence-corrected chi connectivity index (χ3v) is 7.40. The molecule has 0 aromatic rings. The lowest BCUT2D eigenvalue weighted by Crippen LogP contribution is -2.63. The molecule has 1 aliphatic rings. The van der Waals surface area contributed by atoms with E-state index in [1.165, 1.54) is 6.92 Å². The van der Waals surface area contributed by atoms with E-state index in [0.717, 1.165) is 19.1 Å². The van der Waals surface area contributed by atoms with Crippen molar-refractivity contribution in [2.45, 2.75) is 88.0 Å². The van der Waals surface area contributed by atoms with Crippen LogP contribution in [0.4, 0.5) is 0 Å². The van der Waals surface area contributed by atoms with Crippen LogP contribution in [0.2, 0.25) is 0 Å². The summed E-state index contributed by atoms with van der Waals surface area (Å²) in [5.74, 6) is -8.59. The van der Waals surface area contributed by atoms with Crippen molar-refractivity contribution in [3.63, 3.8) is 0 Å². The molecule has 9 atom stereocenters. The third kappa shape index (κ3) is 13.4. The Morgan fingerprint density at radius 3 is 2.12 bits per heavy atom. The lowest BCUT2D eigenvalue weighted by Gasteiger charge is -2.42. The molecule has 0 spiro atoms. The van der Waals surface area contributed by atoms with Crippen molar-refractivity contribution < 1.29 is 77.8 Å². The molecule has 1 saturated heterocycles. The van der Waals surface area contributed by atoms with Crippen LogP contribution in [0.5, 0.6) is 0 Å². The highest BCUT2D eigenvalue weighted by atomic mass is 16.7. The molecule has 1 fully saturated rings. The number of nitrogens with zero attached hydrogens (tertiary/aromatic N) is 1. The Hall–Kier alpha value is -4.81. The summed E-state index contributed by atoms with van der Waals surface area (Å²) in [6.07, 6.45) is -11.8. The number of nitrogens with two attached hydrogens (primary N) is 1. The zero-order chi connectivity index (χ0) is 39.0. The van der Waals surface area contributed by atoms with Crippen LogP contribution in [0.3, 0.4) is 0 Å². The average molecular weight is 736 g/mol. The van der Waals surface area contributed by atoms with Crippen molar-refractivity contribution in [1.29, 1.82) is 0 Å². The van der Waals surface area contributed by atoms with Gasteiger partial charge < -0.3 is 66.5 Å². The number of hydrogen-bond acceptors (Lipinski definition) is 16. The number of rotatable bonds is 19. The summed E-state index contributed by atoms with van der Waals surface area (Å²) in [5, 5.41) is 51.0. The molecule has 1 aliphatic heterocycles. The first-order valence-corrected chi connectivity index (χ1v) is 15.4. The number of amides is 8. The molecule has 1 heterocycles. The number of carbonyl (C=O) groups excluding carboxylic acids is 9. The zero-order valence-electron chi connectivity index (χ0n) is 28.2. The minimum Gasteiger partial charge on any atom is -0.462 e. The fraction of sp³-hybridized carbons (Fsp3) is 0.679. The van der Waals surface area contributed by atoms with Gasteiger partial charge in [-0.25, -0.2) is 4.79 Å². The number of aliphatic hydroxyl groups excluding tert-OH is 4. The molecule has 0 saturated carbocycles. The van der Waals surface area contributed by atoms with Crippen LogP contribution in [-0.2, 0) is 57.4 Å². The van der Waals surface area contributed by atoms with Gasteiger partial charge in [0.05, 0.1) is 32.8 Å². The monoisotopic (exact) mass is 735 g/mol. The molecule has 51 heavy (non-hydrogen) atoms. The molecule has 8 amide bonds. The van der Waals surface area contributed by atoms with E-state index < -0.39 is 128 Å². The maximum absolute atomic E-state index is 13.7. The topological polar surface area (TPSA) is 352 Å². The minimum absolute atomic E-state index is 0.0538. The number of nitrogens with one attached hydrogen (secondary N) is 5. The first kappa shape index (κ1) is 44.2. The second-order valence-electron chi connectivity index (χ2n) is 11.1. The Bertz CT molecular complexity index is 1280. The number of aliphatic hydroxyl groups is 4. The SMILES string of the molecule is CCNC(=O)[C@H](CC(=O)NC=O)NC(=O)[C@H]([C@H](C)O[C@H]1O[C@H](CO)[C@@H](O)[C@H](O)[C@H]1O)N(C)C(=O)CNC(=O)[C@@H](CCC(N)=O)NC(=O)C(=O)OC. The largest absolute Gasteiger partial charge is 0.462 e. The predicted octanol–water partition coefficient (Wildman–Crippen LogP) is -7.66. The van der Waals surface area contributed by atoms with Crippen molar-refractivity contribution in [3.8, 4) is 0 Å². The normalized spacial score (nSPS) is 22.1. The average Bonchev–Trinajstić information content (AvgIpc) is 3.08. The number of imide groups is 1. The number of primary amides is 1. The summed E-state index contributed by atoms with van der Waals surface area (Å²) in [6, 6.07) is -4.94. The molecule has 288 valence electrons. The maximum Gasteiger partial charge on any atom is 0.396 e. The summed E-state index contributed by atoms with van der Waals surface area (Å²) in [6.45, 7) is 1.12. The van der Waals surface area contributed by atoms with Gasteiger partial charge in [-0.05, 0) is 20.3 Å². The van der Waals surface area contributed by atoms with Crippen LogP contribution in [0.1, 0.15) is 33.1 Å². The van der Waals surface area contributed by atoms with Crippen molar-refractivity contribution in [1.82, 2.24) is 31.5 Å². The molecule has 0 radical (unpaired) electrons. The van der Waals surface area contributed by atoms with Gasteiger partial charge in [0.25, 0.3) is 0 Å². The zero-order valence-corrected chi connectivity index (χ0v) is 28.2. The standard InChI is InChI=1S/C28H45N7O16/c1-5-30-24(45)14(8-17(39)32-11-37)34-25(46)19(12(2)50-28-22(43)21(42)20(41)15(10-36)51-28)35(3)18(40)9-31-23(44)13(6-7-16(29)38)33-26(47)27(48)49-4/h11-15,19-22,28,36,41-43H,5-10H2,1-4H3,(H2,29,38)(H,30,45)(H,31,44)(H,33,47)(H,34,46)(H,32,37,39)/t12-,13+,14-,15+,19-,20+,21-,22+,28-/m0/s1. The second kappa shape index (κ2) is 21.4. The molecule has 1 rings (SSSR count). The van der Waals surface area contributed by atoms with E-state index in [1.807, 2.05) is 10.6 Å². The molecule has 11 N–H and O–H groups in total. The van der Waals surface area contributed by atoms with Crippen LogP contribution in [0.15, 0.2) is 0 Å². The van der Waals surface area contributed by atoms with Crippen LogP contribution >= 0.6 is 0 Å². The number of ether oxygens (including phenoxy) is 3. The second-order valence-corrected chi connectivity index (χ2v) is 11.1. The van der Waals surface area contributed by atoms with Gasteiger partial charge in [-0.15, -0.1) is 0 Å². The van der Waals surface area contributed by atoms with Gasteiger partial charge in [-0.1, -0.05) is 0 Å². The molecule has 0 bridgehead atoms. The van der Waals surface area contributed by atoms with Crippen LogP contribution in [-0.4, -0.2) is 168 Å². The van der Waals surface area contributed by atoms with Gasteiger partial charge in [0, 0.05) is 20.0 Å². The summed E-state index contributed by atoms with van der Waals surface area (Å²) in [4.78, 5) is 111. The Labute approximate surface area is 290 Å². The van der Waals surface area contributed by atoms with E-state index in [1.54, 1.807) is 6.92 Å². The fourth-order valence-corrected chi connectivity index (χ4v) is 4.67. The number of hydrogen-bond donors (Lipinski definition) is 10. The summed E-state index contributed by atoms with van der Waals surface area (Å²) < 4.78 is 15.3. The third-order valence-electron chi connectivity index (χ3n) is 7.40. The van der Waals surface area contributed by atoms with Gasteiger partial charge >= 0.3 is 11.9 Å². The predicted molar refractivity (Wildman–Crippen MR) is 166 cm³/mol. The summed E-state index contributed by atoms with van der Waals surface area (Å²) in [5.41, 5.74) is 5.12. The van der Waals surface area contributed by atoms with Gasteiger partial charge in [0.1, 0.15) is 42.5 Å². The Balaban J connectivity index is 3.37. The Morgan fingerprint density at radius 1 is 0.941 bits per heavy atom. The molecule has 0 aromatic carbocycles. The Kier molecular flexibility index (Phi) is 18.6. The van der Waals surface area contributed by atoms with Crippen molar-refractivity contribution in [2.24, 2.45) is 5.73 Å². The van der Waals surface area contributed by atoms with Gasteiger partial charge in [0.2, 0.25) is 41.9 Å². The van der Waals surface area contributed by atoms with Crippen molar-refractivity contribution >= 4 is 53.7 Å². The van der Waals surface area contributed by atoms with Crippen molar-refractivity contribution in [3.05, 3.63) is 0 Å². The number of methoxy groups -OCH3 is 1. The molecule has 23 heteroatoms. The summed E-state index contributed by atoms with van der Waals surface area (Å²) in [7, 11) is 1.97. The number of esters is 1. The lowest BCUT2D eigenvalue weighted by atomic mass is 9.99. The van der Waals surface area contributed by atoms with Crippen molar-refractivity contribution in [2.75, 3.05) is 33.9 Å². The Morgan fingerprint density at radius 2 is 1.57 bits per heavy atom. The smallest absolute Gasteiger partial charge is 0.396 e. The van der Waals surface area contributed by atoms with Gasteiger partial charge in [-0.2, -0.15) is 0 Å². The molecule has 0 aromatic heterocycles. The van der Waals surface area contributed by atoms with Gasteiger partial charge in [0.15, 0.2) is 6.29 Å². The van der Waals surface area contributed by atoms with E-state index in [0.29, 0.717) is 0 Å². The lowest BCUT2D eigenvalue weighted by molar-refractivity contribution is -0.312. The molecule has 23 nitrogen and oxygen atoms in total. The summed E-state index contributed by atoms with van der Waals surface area (Å²) >= 11 is 0. The number of likely N-dealkylation sites (N-methyl/N-ethyl adjacent to an activating group) is 2. The quantitative estimate of drug-likeness (QED) is 0.0334. The van der Waals surface area contributed by atoms with E-state index in [2.05, 4.69) is 20.7 Å². The molecular formula is C28H45N7O16.